The van der Waals surface area contributed by atoms with E-state index in [4.69, 9.17) is 0 Å². The second kappa shape index (κ2) is 6.02. The molecule has 0 radical (unpaired) electrons. The number of benzene rings is 1. The Labute approximate surface area is 135 Å². The molecular weight excluding hydrogens is 294 g/mol. The summed E-state index contributed by atoms with van der Waals surface area (Å²) in [6.45, 7) is 4.02. The Hall–Kier alpha value is -2.37. The van der Waals surface area contributed by atoms with Gasteiger partial charge in [-0.1, -0.05) is 12.1 Å². The third-order valence-electron chi connectivity index (χ3n) is 4.62. The van der Waals surface area contributed by atoms with E-state index in [-0.39, 0.29) is 11.8 Å². The maximum absolute atomic E-state index is 12.7. The van der Waals surface area contributed by atoms with Crippen LogP contribution in [0.15, 0.2) is 24.3 Å². The van der Waals surface area contributed by atoms with Crippen molar-refractivity contribution in [1.29, 1.82) is 0 Å². The molecule has 0 spiro atoms. The Balaban J connectivity index is 1.65. The van der Waals surface area contributed by atoms with E-state index in [2.05, 4.69) is 5.32 Å². The van der Waals surface area contributed by atoms with Gasteiger partial charge in [0.1, 0.15) is 5.41 Å². The number of carbonyl (C=O) groups is 3. The summed E-state index contributed by atoms with van der Waals surface area (Å²) in [6, 6.07) is 7.56. The number of nitrogens with one attached hydrogen (secondary N) is 1. The summed E-state index contributed by atoms with van der Waals surface area (Å²) in [5.41, 5.74) is 0.872. The van der Waals surface area contributed by atoms with E-state index >= 15 is 0 Å². The van der Waals surface area contributed by atoms with E-state index in [0.29, 0.717) is 39.0 Å². The van der Waals surface area contributed by atoms with Gasteiger partial charge in [0.15, 0.2) is 0 Å². The molecule has 0 aromatic heterocycles. The number of nitrogens with zero attached hydrogens (tertiary/aromatic N) is 2. The molecule has 1 aliphatic heterocycles. The van der Waals surface area contributed by atoms with Gasteiger partial charge in [-0.15, -0.1) is 0 Å². The van der Waals surface area contributed by atoms with Crippen LogP contribution in [0.3, 0.4) is 0 Å². The van der Waals surface area contributed by atoms with E-state index < -0.39 is 5.41 Å². The van der Waals surface area contributed by atoms with Crippen molar-refractivity contribution in [3.63, 3.8) is 0 Å². The van der Waals surface area contributed by atoms with Gasteiger partial charge in [-0.2, -0.15) is 0 Å². The molecular formula is C17H21N3O3. The van der Waals surface area contributed by atoms with Crippen LogP contribution in [0.4, 0.5) is 5.69 Å². The number of hydrogen-bond donors (Lipinski definition) is 1. The van der Waals surface area contributed by atoms with Crippen LogP contribution in [-0.4, -0.2) is 54.2 Å². The third kappa shape index (κ3) is 3.06. The molecule has 1 aliphatic carbocycles. The summed E-state index contributed by atoms with van der Waals surface area (Å²) in [7, 11) is 0. The second-order valence-corrected chi connectivity index (χ2v) is 6.34. The van der Waals surface area contributed by atoms with Crippen molar-refractivity contribution in [3.8, 4) is 0 Å². The minimum Gasteiger partial charge on any atom is -0.342 e. The van der Waals surface area contributed by atoms with Crippen LogP contribution < -0.4 is 5.32 Å². The zero-order valence-corrected chi connectivity index (χ0v) is 13.2. The van der Waals surface area contributed by atoms with Gasteiger partial charge in [0.2, 0.25) is 18.2 Å². The molecule has 3 rings (SSSR count). The predicted molar refractivity (Wildman–Crippen MR) is 85.7 cm³/mol. The first kappa shape index (κ1) is 15.5. The SMILES string of the molecule is Cc1cccc(NC(=O)C2(C(=O)N3CCN(C=O)CC3)CC2)c1. The highest BCUT2D eigenvalue weighted by Gasteiger charge is 2.58. The molecule has 6 heteroatoms. The van der Waals surface area contributed by atoms with Gasteiger partial charge >= 0.3 is 0 Å². The molecule has 0 bridgehead atoms. The molecule has 3 amide bonds. The van der Waals surface area contributed by atoms with Crippen molar-refractivity contribution in [2.24, 2.45) is 5.41 Å². The quantitative estimate of drug-likeness (QED) is 0.666. The number of carbonyl (C=O) groups excluding carboxylic acids is 3. The van der Waals surface area contributed by atoms with Crippen LogP contribution in [-0.2, 0) is 14.4 Å². The van der Waals surface area contributed by atoms with Gasteiger partial charge < -0.3 is 15.1 Å². The molecule has 6 nitrogen and oxygen atoms in total. The molecule has 0 unspecified atom stereocenters. The van der Waals surface area contributed by atoms with Crippen LogP contribution in [0.5, 0.6) is 0 Å². The third-order valence-corrected chi connectivity index (χ3v) is 4.62. The minimum atomic E-state index is -0.910. The maximum Gasteiger partial charge on any atom is 0.240 e. The fraction of sp³-hybridized carbons (Fsp3) is 0.471. The maximum atomic E-state index is 12.7. The predicted octanol–water partition coefficient (Wildman–Crippen LogP) is 1.01. The Morgan fingerprint density at radius 1 is 1.17 bits per heavy atom. The standard InChI is InChI=1S/C17H21N3O3/c1-13-3-2-4-14(11-13)18-15(22)17(5-6-17)16(23)20-9-7-19(12-21)8-10-20/h2-4,11-12H,5-10H2,1H3,(H,18,22). The lowest BCUT2D eigenvalue weighted by Crippen LogP contribution is -2.52. The summed E-state index contributed by atoms with van der Waals surface area (Å²) in [5, 5.41) is 2.87. The number of aryl methyl sites for hydroxylation is 1. The van der Waals surface area contributed by atoms with Crippen LogP contribution in [0, 0.1) is 12.3 Å². The van der Waals surface area contributed by atoms with E-state index in [1.165, 1.54) is 0 Å². The lowest BCUT2D eigenvalue weighted by Gasteiger charge is -2.34. The van der Waals surface area contributed by atoms with Gasteiger partial charge in [-0.3, -0.25) is 14.4 Å². The smallest absolute Gasteiger partial charge is 0.240 e. The van der Waals surface area contributed by atoms with E-state index in [1.54, 1.807) is 9.80 Å². The van der Waals surface area contributed by atoms with Crippen molar-refractivity contribution in [2.75, 3.05) is 31.5 Å². The molecule has 1 aromatic rings. The lowest BCUT2D eigenvalue weighted by atomic mass is 10.0. The first-order chi connectivity index (χ1) is 11.0. The molecule has 2 aliphatic rings. The Morgan fingerprint density at radius 3 is 2.43 bits per heavy atom. The van der Waals surface area contributed by atoms with E-state index in [9.17, 15) is 14.4 Å². The molecule has 122 valence electrons. The van der Waals surface area contributed by atoms with Gasteiger partial charge in [0.05, 0.1) is 0 Å². The monoisotopic (exact) mass is 315 g/mol. The molecule has 1 saturated carbocycles. The highest BCUT2D eigenvalue weighted by Crippen LogP contribution is 2.48. The van der Waals surface area contributed by atoms with E-state index in [0.717, 1.165) is 17.7 Å². The largest absolute Gasteiger partial charge is 0.342 e. The van der Waals surface area contributed by atoms with Gasteiger partial charge in [-0.25, -0.2) is 0 Å². The molecule has 0 atom stereocenters. The Kier molecular flexibility index (Phi) is 4.07. The van der Waals surface area contributed by atoms with Gasteiger partial charge in [0, 0.05) is 31.9 Å². The molecule has 1 saturated heterocycles. The fourth-order valence-corrected chi connectivity index (χ4v) is 2.97. The van der Waals surface area contributed by atoms with Gasteiger partial charge in [0.25, 0.3) is 0 Å². The highest BCUT2D eigenvalue weighted by molar-refractivity contribution is 6.13. The molecule has 1 N–H and O–H groups in total. The average Bonchev–Trinajstić information content (AvgIpc) is 3.36. The average molecular weight is 315 g/mol. The summed E-state index contributed by atoms with van der Waals surface area (Å²) in [4.78, 5) is 39.4. The molecule has 1 aromatic carbocycles. The molecule has 1 heterocycles. The van der Waals surface area contributed by atoms with Crippen LogP contribution in [0.25, 0.3) is 0 Å². The van der Waals surface area contributed by atoms with Crippen molar-refractivity contribution in [1.82, 2.24) is 9.80 Å². The fourth-order valence-electron chi connectivity index (χ4n) is 2.97. The first-order valence-electron chi connectivity index (χ1n) is 7.92. The number of hydrogen-bond acceptors (Lipinski definition) is 3. The van der Waals surface area contributed by atoms with Crippen molar-refractivity contribution >= 4 is 23.9 Å². The van der Waals surface area contributed by atoms with E-state index in [1.807, 2.05) is 31.2 Å². The van der Waals surface area contributed by atoms with Crippen molar-refractivity contribution in [2.45, 2.75) is 19.8 Å². The number of rotatable bonds is 4. The van der Waals surface area contributed by atoms with Crippen molar-refractivity contribution in [3.05, 3.63) is 29.8 Å². The van der Waals surface area contributed by atoms with Crippen LogP contribution >= 0.6 is 0 Å². The summed E-state index contributed by atoms with van der Waals surface area (Å²) in [6.07, 6.45) is 1.99. The summed E-state index contributed by atoms with van der Waals surface area (Å²) < 4.78 is 0. The minimum absolute atomic E-state index is 0.104. The first-order valence-corrected chi connectivity index (χ1v) is 7.92. The zero-order chi connectivity index (χ0) is 16.4. The van der Waals surface area contributed by atoms with Crippen molar-refractivity contribution < 1.29 is 14.4 Å². The normalized spacial score (nSPS) is 19.2. The lowest BCUT2D eigenvalue weighted by molar-refractivity contribution is -0.144. The topological polar surface area (TPSA) is 69.7 Å². The number of piperazine rings is 1. The number of amides is 3. The van der Waals surface area contributed by atoms with Gasteiger partial charge in [-0.05, 0) is 37.5 Å². The Morgan fingerprint density at radius 2 is 1.87 bits per heavy atom. The Bertz CT molecular complexity index is 632. The summed E-state index contributed by atoms with van der Waals surface area (Å²) >= 11 is 0. The highest BCUT2D eigenvalue weighted by atomic mass is 16.2. The van der Waals surface area contributed by atoms with Crippen LogP contribution in [0.1, 0.15) is 18.4 Å². The summed E-state index contributed by atoms with van der Waals surface area (Å²) in [5.74, 6) is -0.320. The molecule has 23 heavy (non-hydrogen) atoms. The zero-order valence-electron chi connectivity index (χ0n) is 13.2. The molecule has 2 fully saturated rings. The van der Waals surface area contributed by atoms with Crippen LogP contribution in [0.2, 0.25) is 0 Å². The second-order valence-electron chi connectivity index (χ2n) is 6.34. The number of anilines is 1.